The molecule has 0 amide bonds. The first-order valence-electron chi connectivity index (χ1n) is 5.67. The summed E-state index contributed by atoms with van der Waals surface area (Å²) < 4.78 is 5.36. The average molecular weight is 246 g/mol. The molecule has 0 aliphatic carbocycles. The Balaban J connectivity index is 2.03. The highest BCUT2D eigenvalue weighted by atomic mass is 16.3. The zero-order valence-corrected chi connectivity index (χ0v) is 10.0. The van der Waals surface area contributed by atoms with E-state index in [1.54, 1.807) is 0 Å². The van der Waals surface area contributed by atoms with Gasteiger partial charge in [-0.25, -0.2) is 0 Å². The fraction of sp³-hybridized carbons (Fsp3) is 0.214. The second kappa shape index (κ2) is 4.96. The summed E-state index contributed by atoms with van der Waals surface area (Å²) in [6.07, 6.45) is 0.748. The molecule has 1 aromatic carbocycles. The van der Waals surface area contributed by atoms with Crippen molar-refractivity contribution in [2.75, 3.05) is 0 Å². The highest BCUT2D eigenvalue weighted by Gasteiger charge is 2.12. The predicted octanol–water partition coefficient (Wildman–Crippen LogP) is 2.81. The Bertz CT molecular complexity index is 569. The maximum Gasteiger partial charge on any atom is 0.167 e. The number of benzene rings is 1. The molecule has 0 saturated carbocycles. The topological polar surface area (TPSA) is 70.7 Å². The van der Waals surface area contributed by atoms with Crippen LogP contribution >= 0.6 is 0 Å². The Morgan fingerprint density at radius 2 is 2.00 bits per heavy atom. The molecule has 0 saturated heterocycles. The molecule has 0 fully saturated rings. The molecular formula is C14H14O4. The summed E-state index contributed by atoms with van der Waals surface area (Å²) in [6.45, 7) is 1.84. The number of aryl methyl sites for hydroxylation is 2. The van der Waals surface area contributed by atoms with Gasteiger partial charge in [0.2, 0.25) is 0 Å². The van der Waals surface area contributed by atoms with Gasteiger partial charge in [-0.3, -0.25) is 4.79 Å². The third kappa shape index (κ3) is 2.71. The van der Waals surface area contributed by atoms with Gasteiger partial charge in [0.25, 0.3) is 0 Å². The van der Waals surface area contributed by atoms with Crippen molar-refractivity contribution in [2.24, 2.45) is 0 Å². The predicted molar refractivity (Wildman–Crippen MR) is 65.9 cm³/mol. The van der Waals surface area contributed by atoms with Crippen molar-refractivity contribution in [3.8, 4) is 11.5 Å². The van der Waals surface area contributed by atoms with Gasteiger partial charge in [0.1, 0.15) is 23.0 Å². The van der Waals surface area contributed by atoms with Crippen LogP contribution in [0.3, 0.4) is 0 Å². The Morgan fingerprint density at radius 3 is 2.61 bits per heavy atom. The van der Waals surface area contributed by atoms with Crippen LogP contribution in [0.15, 0.2) is 34.7 Å². The second-order valence-electron chi connectivity index (χ2n) is 4.14. The van der Waals surface area contributed by atoms with Gasteiger partial charge in [0.15, 0.2) is 5.78 Å². The maximum atomic E-state index is 11.9. The van der Waals surface area contributed by atoms with Crippen LogP contribution in [0.5, 0.6) is 11.5 Å². The van der Waals surface area contributed by atoms with Crippen molar-refractivity contribution < 1.29 is 19.4 Å². The van der Waals surface area contributed by atoms with Crippen LogP contribution in [0.2, 0.25) is 0 Å². The molecule has 4 nitrogen and oxygen atoms in total. The van der Waals surface area contributed by atoms with Gasteiger partial charge in [-0.2, -0.15) is 0 Å². The molecule has 0 radical (unpaired) electrons. The molecule has 2 rings (SSSR count). The molecule has 2 N–H and O–H groups in total. The van der Waals surface area contributed by atoms with Crippen molar-refractivity contribution in [1.29, 1.82) is 0 Å². The molecule has 1 aromatic heterocycles. The van der Waals surface area contributed by atoms with E-state index in [2.05, 4.69) is 0 Å². The summed E-state index contributed by atoms with van der Waals surface area (Å²) in [6, 6.07) is 7.63. The van der Waals surface area contributed by atoms with Crippen molar-refractivity contribution in [3.63, 3.8) is 0 Å². The second-order valence-corrected chi connectivity index (χ2v) is 4.14. The summed E-state index contributed by atoms with van der Waals surface area (Å²) in [5.41, 5.74) is 0.219. The molecule has 2 aromatic rings. The lowest BCUT2D eigenvalue weighted by Gasteiger charge is -2.03. The van der Waals surface area contributed by atoms with Gasteiger partial charge >= 0.3 is 0 Å². The minimum atomic E-state index is -0.198. The van der Waals surface area contributed by atoms with E-state index in [1.165, 1.54) is 12.1 Å². The number of phenols is 2. The van der Waals surface area contributed by atoms with Crippen LogP contribution < -0.4 is 0 Å². The van der Waals surface area contributed by atoms with E-state index in [-0.39, 0.29) is 29.3 Å². The smallest absolute Gasteiger partial charge is 0.167 e. The molecule has 0 atom stereocenters. The zero-order valence-electron chi connectivity index (χ0n) is 10.0. The maximum absolute atomic E-state index is 11.9. The van der Waals surface area contributed by atoms with E-state index in [1.807, 2.05) is 19.1 Å². The lowest BCUT2D eigenvalue weighted by molar-refractivity contribution is 0.0978. The molecule has 0 unspecified atom stereocenters. The summed E-state index contributed by atoms with van der Waals surface area (Å²) in [5, 5.41) is 18.7. The number of carbonyl (C=O) groups excluding carboxylic acids is 1. The van der Waals surface area contributed by atoms with E-state index < -0.39 is 0 Å². The quantitative estimate of drug-likeness (QED) is 0.814. The fourth-order valence-corrected chi connectivity index (χ4v) is 1.75. The summed E-state index contributed by atoms with van der Waals surface area (Å²) in [5.74, 6) is 1.12. The lowest BCUT2D eigenvalue weighted by atomic mass is 10.0. The van der Waals surface area contributed by atoms with Crippen LogP contribution in [0.4, 0.5) is 0 Å². The number of furan rings is 1. The lowest BCUT2D eigenvalue weighted by Crippen LogP contribution is -2.01. The first-order valence-corrected chi connectivity index (χ1v) is 5.67. The standard InChI is InChI=1S/C14H14O4/c1-9-2-4-11(18-9)5-7-13(16)12-6-3-10(15)8-14(12)17/h2-4,6,8,15,17H,5,7H2,1H3. The number of carbonyl (C=O) groups is 1. The number of Topliss-reactive ketones (excluding diaryl/α,β-unsaturated/α-hetero) is 1. The van der Waals surface area contributed by atoms with Crippen molar-refractivity contribution in [3.05, 3.63) is 47.4 Å². The molecular weight excluding hydrogens is 232 g/mol. The Labute approximate surface area is 104 Å². The van der Waals surface area contributed by atoms with Gasteiger partial charge in [0, 0.05) is 18.9 Å². The largest absolute Gasteiger partial charge is 0.508 e. The van der Waals surface area contributed by atoms with Crippen molar-refractivity contribution >= 4 is 5.78 Å². The normalized spacial score (nSPS) is 10.5. The zero-order chi connectivity index (χ0) is 13.1. The number of phenolic OH excluding ortho intramolecular Hbond substituents is 2. The van der Waals surface area contributed by atoms with Gasteiger partial charge < -0.3 is 14.6 Å². The number of aromatic hydroxyl groups is 2. The Hall–Kier alpha value is -2.23. The van der Waals surface area contributed by atoms with Crippen LogP contribution in [-0.4, -0.2) is 16.0 Å². The van der Waals surface area contributed by atoms with Crippen LogP contribution in [0, 0.1) is 6.92 Å². The number of ketones is 1. The Morgan fingerprint density at radius 1 is 1.22 bits per heavy atom. The number of hydrogen-bond acceptors (Lipinski definition) is 4. The van der Waals surface area contributed by atoms with E-state index in [0.717, 1.165) is 17.6 Å². The molecule has 0 bridgehead atoms. The van der Waals surface area contributed by atoms with Crippen LogP contribution in [0.1, 0.15) is 28.3 Å². The number of hydrogen-bond donors (Lipinski definition) is 2. The molecule has 0 spiro atoms. The Kier molecular flexibility index (Phi) is 3.37. The molecule has 0 aliphatic heterocycles. The van der Waals surface area contributed by atoms with Gasteiger partial charge in [-0.05, 0) is 31.2 Å². The van der Waals surface area contributed by atoms with Gasteiger partial charge in [-0.15, -0.1) is 0 Å². The van der Waals surface area contributed by atoms with Crippen LogP contribution in [-0.2, 0) is 6.42 Å². The molecule has 18 heavy (non-hydrogen) atoms. The highest BCUT2D eigenvalue weighted by molar-refractivity contribution is 5.98. The fourth-order valence-electron chi connectivity index (χ4n) is 1.75. The third-order valence-electron chi connectivity index (χ3n) is 2.68. The van der Waals surface area contributed by atoms with E-state index in [0.29, 0.717) is 6.42 Å². The van der Waals surface area contributed by atoms with Crippen molar-refractivity contribution in [2.45, 2.75) is 19.8 Å². The number of rotatable bonds is 4. The molecule has 1 heterocycles. The molecule has 94 valence electrons. The van der Waals surface area contributed by atoms with E-state index in [4.69, 9.17) is 9.52 Å². The summed E-state index contributed by atoms with van der Waals surface area (Å²) in [7, 11) is 0. The SMILES string of the molecule is Cc1ccc(CCC(=O)c2ccc(O)cc2O)o1. The minimum Gasteiger partial charge on any atom is -0.508 e. The first kappa shape index (κ1) is 12.2. The summed E-state index contributed by atoms with van der Waals surface area (Å²) >= 11 is 0. The molecule has 0 aliphatic rings. The molecule has 4 heteroatoms. The summed E-state index contributed by atoms with van der Waals surface area (Å²) in [4.78, 5) is 11.9. The first-order chi connectivity index (χ1) is 8.56. The van der Waals surface area contributed by atoms with E-state index >= 15 is 0 Å². The van der Waals surface area contributed by atoms with Gasteiger partial charge in [0.05, 0.1) is 5.56 Å². The highest BCUT2D eigenvalue weighted by Crippen LogP contribution is 2.24. The average Bonchev–Trinajstić information content (AvgIpc) is 2.72. The van der Waals surface area contributed by atoms with Gasteiger partial charge in [-0.1, -0.05) is 0 Å². The van der Waals surface area contributed by atoms with Crippen LogP contribution in [0.25, 0.3) is 0 Å². The third-order valence-corrected chi connectivity index (χ3v) is 2.68. The monoisotopic (exact) mass is 246 g/mol. The van der Waals surface area contributed by atoms with E-state index in [9.17, 15) is 9.90 Å². The van der Waals surface area contributed by atoms with Crippen molar-refractivity contribution in [1.82, 2.24) is 0 Å². The minimum absolute atomic E-state index is 0.0642.